The fourth-order valence-electron chi connectivity index (χ4n) is 3.96. The molecule has 3 rings (SSSR count). The molecule has 2 aliphatic rings. The normalized spacial score (nSPS) is 23.2. The van der Waals surface area contributed by atoms with Crippen molar-refractivity contribution >= 4 is 23.2 Å². The van der Waals surface area contributed by atoms with Gasteiger partial charge in [0.25, 0.3) is 0 Å². The van der Waals surface area contributed by atoms with Gasteiger partial charge in [-0.3, -0.25) is 19.4 Å². The first-order valence-electron chi connectivity index (χ1n) is 10.1. The van der Waals surface area contributed by atoms with E-state index < -0.39 is 0 Å². The first-order valence-corrected chi connectivity index (χ1v) is 11.0. The van der Waals surface area contributed by atoms with Gasteiger partial charge in [0.05, 0.1) is 19.1 Å². The van der Waals surface area contributed by atoms with E-state index in [2.05, 4.69) is 33.0 Å². The summed E-state index contributed by atoms with van der Waals surface area (Å²) in [6, 6.07) is 4.49. The van der Waals surface area contributed by atoms with Crippen LogP contribution in [0.1, 0.15) is 44.0 Å². The molecular formula is C20H32N4O2S. The quantitative estimate of drug-likeness (QED) is 0.804. The molecule has 3 heterocycles. The third-order valence-corrected chi connectivity index (χ3v) is 6.72. The second kappa shape index (κ2) is 9.66. The summed E-state index contributed by atoms with van der Waals surface area (Å²) >= 11 is 1.67. The van der Waals surface area contributed by atoms with Crippen LogP contribution >= 0.6 is 11.3 Å². The molecule has 0 spiro atoms. The molecule has 1 aromatic rings. The van der Waals surface area contributed by atoms with E-state index in [-0.39, 0.29) is 17.9 Å². The minimum absolute atomic E-state index is 0.0583. The molecule has 2 atom stereocenters. The SMILES string of the molecule is CC(NC(=O)CN1CCN(CC(=O)N2CCCCC2C)CC1)c1cccs1. The van der Waals surface area contributed by atoms with Crippen LogP contribution in [0.5, 0.6) is 0 Å². The van der Waals surface area contributed by atoms with Crippen molar-refractivity contribution in [3.05, 3.63) is 22.4 Å². The van der Waals surface area contributed by atoms with Gasteiger partial charge >= 0.3 is 0 Å². The van der Waals surface area contributed by atoms with Crippen molar-refractivity contribution < 1.29 is 9.59 Å². The highest BCUT2D eigenvalue weighted by Gasteiger charge is 2.26. The summed E-state index contributed by atoms with van der Waals surface area (Å²) in [5.74, 6) is 0.334. The highest BCUT2D eigenvalue weighted by Crippen LogP contribution is 2.18. The summed E-state index contributed by atoms with van der Waals surface area (Å²) in [4.78, 5) is 32.5. The molecule has 27 heavy (non-hydrogen) atoms. The minimum atomic E-state index is 0.0583. The van der Waals surface area contributed by atoms with E-state index in [1.807, 2.05) is 18.4 Å². The Morgan fingerprint density at radius 2 is 1.85 bits per heavy atom. The van der Waals surface area contributed by atoms with Crippen molar-refractivity contribution in [2.24, 2.45) is 0 Å². The van der Waals surface area contributed by atoms with Gasteiger partial charge in [-0.05, 0) is 44.6 Å². The third-order valence-electron chi connectivity index (χ3n) is 5.66. The highest BCUT2D eigenvalue weighted by molar-refractivity contribution is 7.10. The molecule has 2 amide bonds. The fraction of sp³-hybridized carbons (Fsp3) is 0.700. The molecule has 2 fully saturated rings. The lowest BCUT2D eigenvalue weighted by atomic mass is 10.0. The van der Waals surface area contributed by atoms with Crippen LogP contribution in [0.2, 0.25) is 0 Å². The largest absolute Gasteiger partial charge is 0.348 e. The summed E-state index contributed by atoms with van der Waals surface area (Å²) in [6.45, 7) is 9.40. The van der Waals surface area contributed by atoms with Gasteiger partial charge in [0.2, 0.25) is 11.8 Å². The number of likely N-dealkylation sites (tertiary alicyclic amines) is 1. The third kappa shape index (κ3) is 5.77. The van der Waals surface area contributed by atoms with Gasteiger partial charge in [0.1, 0.15) is 0 Å². The van der Waals surface area contributed by atoms with E-state index in [9.17, 15) is 9.59 Å². The van der Waals surface area contributed by atoms with Crippen molar-refractivity contribution in [3.8, 4) is 0 Å². The number of piperidine rings is 1. The summed E-state index contributed by atoms with van der Waals surface area (Å²) in [5.41, 5.74) is 0. The van der Waals surface area contributed by atoms with Crippen molar-refractivity contribution in [3.63, 3.8) is 0 Å². The Morgan fingerprint density at radius 3 is 2.48 bits per heavy atom. The lowest BCUT2D eigenvalue weighted by Crippen LogP contribution is -2.53. The summed E-state index contributed by atoms with van der Waals surface area (Å²) in [7, 11) is 0. The molecule has 6 nitrogen and oxygen atoms in total. The van der Waals surface area contributed by atoms with Crippen LogP contribution in [0, 0.1) is 0 Å². The molecule has 1 N–H and O–H groups in total. The summed E-state index contributed by atoms with van der Waals surface area (Å²) < 4.78 is 0. The second-order valence-corrected chi connectivity index (χ2v) is 8.77. The maximum atomic E-state index is 12.6. The minimum Gasteiger partial charge on any atom is -0.348 e. The number of nitrogens with zero attached hydrogens (tertiary/aromatic N) is 3. The Bertz CT molecular complexity index is 614. The van der Waals surface area contributed by atoms with Gasteiger partial charge in [-0.15, -0.1) is 11.3 Å². The number of piperazine rings is 1. The summed E-state index contributed by atoms with van der Waals surface area (Å²) in [6.07, 6.45) is 3.48. The van der Waals surface area contributed by atoms with E-state index in [1.165, 1.54) is 11.3 Å². The van der Waals surface area contributed by atoms with Gasteiger partial charge in [0.15, 0.2) is 0 Å². The van der Waals surface area contributed by atoms with Gasteiger partial charge in [0, 0.05) is 43.6 Å². The lowest BCUT2D eigenvalue weighted by molar-refractivity contribution is -0.136. The molecular weight excluding hydrogens is 360 g/mol. The van der Waals surface area contributed by atoms with Crippen molar-refractivity contribution in [2.75, 3.05) is 45.8 Å². The molecule has 7 heteroatoms. The van der Waals surface area contributed by atoms with Crippen molar-refractivity contribution in [1.82, 2.24) is 20.0 Å². The van der Waals surface area contributed by atoms with E-state index in [1.54, 1.807) is 11.3 Å². The molecule has 0 radical (unpaired) electrons. The van der Waals surface area contributed by atoms with E-state index in [4.69, 9.17) is 0 Å². The molecule has 150 valence electrons. The number of thiophene rings is 1. The van der Waals surface area contributed by atoms with Crippen LogP contribution in [0.15, 0.2) is 17.5 Å². The Balaban J connectivity index is 1.37. The first kappa shape index (κ1) is 20.3. The van der Waals surface area contributed by atoms with Crippen LogP contribution in [-0.4, -0.2) is 78.4 Å². The first-order chi connectivity index (χ1) is 13.0. The summed E-state index contributed by atoms with van der Waals surface area (Å²) in [5, 5.41) is 5.11. The number of rotatable bonds is 6. The standard InChI is InChI=1S/C20H32N4O2S/c1-16-6-3-4-8-24(16)20(26)15-23-11-9-22(10-12-23)14-19(25)21-17(2)18-7-5-13-27-18/h5,7,13,16-17H,3-4,6,8-12,14-15H2,1-2H3,(H,21,25). The smallest absolute Gasteiger partial charge is 0.236 e. The number of nitrogens with one attached hydrogen (secondary N) is 1. The number of hydrogen-bond donors (Lipinski definition) is 1. The van der Waals surface area contributed by atoms with E-state index in [0.717, 1.165) is 45.6 Å². The Hall–Kier alpha value is -1.44. The van der Waals surface area contributed by atoms with E-state index >= 15 is 0 Å². The average Bonchev–Trinajstić information content (AvgIpc) is 3.18. The van der Waals surface area contributed by atoms with Gasteiger partial charge in [-0.25, -0.2) is 0 Å². The molecule has 0 aromatic carbocycles. The lowest BCUT2D eigenvalue weighted by Gasteiger charge is -2.38. The number of amides is 2. The van der Waals surface area contributed by atoms with Gasteiger partial charge < -0.3 is 10.2 Å². The van der Waals surface area contributed by atoms with Crippen LogP contribution in [0.3, 0.4) is 0 Å². The average molecular weight is 393 g/mol. The number of carbonyl (C=O) groups is 2. The Labute approximate surface area is 166 Å². The van der Waals surface area contributed by atoms with E-state index in [0.29, 0.717) is 19.1 Å². The molecule has 0 bridgehead atoms. The molecule has 0 aliphatic carbocycles. The predicted octanol–water partition coefficient (Wildman–Crippen LogP) is 1.94. The van der Waals surface area contributed by atoms with Crippen LogP contribution < -0.4 is 5.32 Å². The Morgan fingerprint density at radius 1 is 1.15 bits per heavy atom. The maximum Gasteiger partial charge on any atom is 0.236 e. The van der Waals surface area contributed by atoms with Crippen molar-refractivity contribution in [2.45, 2.75) is 45.2 Å². The van der Waals surface area contributed by atoms with Crippen LogP contribution in [-0.2, 0) is 9.59 Å². The van der Waals surface area contributed by atoms with Gasteiger partial charge in [-0.2, -0.15) is 0 Å². The monoisotopic (exact) mass is 392 g/mol. The maximum absolute atomic E-state index is 12.6. The molecule has 0 saturated carbocycles. The zero-order valence-corrected chi connectivity index (χ0v) is 17.3. The Kier molecular flexibility index (Phi) is 7.26. The zero-order valence-electron chi connectivity index (χ0n) is 16.5. The second-order valence-electron chi connectivity index (χ2n) is 7.79. The van der Waals surface area contributed by atoms with Crippen LogP contribution in [0.25, 0.3) is 0 Å². The van der Waals surface area contributed by atoms with Crippen LogP contribution in [0.4, 0.5) is 0 Å². The number of hydrogen-bond acceptors (Lipinski definition) is 5. The number of carbonyl (C=O) groups excluding carboxylic acids is 2. The topological polar surface area (TPSA) is 55.9 Å². The molecule has 2 saturated heterocycles. The highest BCUT2D eigenvalue weighted by atomic mass is 32.1. The molecule has 2 unspecified atom stereocenters. The van der Waals surface area contributed by atoms with Gasteiger partial charge in [-0.1, -0.05) is 6.07 Å². The molecule has 2 aliphatic heterocycles. The fourth-order valence-corrected chi connectivity index (χ4v) is 4.69. The van der Waals surface area contributed by atoms with Crippen molar-refractivity contribution in [1.29, 1.82) is 0 Å². The molecule has 1 aromatic heterocycles. The predicted molar refractivity (Wildman–Crippen MR) is 109 cm³/mol. The zero-order chi connectivity index (χ0) is 19.2.